The lowest BCUT2D eigenvalue weighted by atomic mass is 10.0. The third kappa shape index (κ3) is 5.60. The van der Waals surface area contributed by atoms with Crippen LogP contribution in [-0.4, -0.2) is 101 Å². The predicted octanol–water partition coefficient (Wildman–Crippen LogP) is 2.30. The molecular formula is C24H36N4O4. The van der Waals surface area contributed by atoms with Crippen molar-refractivity contribution in [3.63, 3.8) is 0 Å². The Morgan fingerprint density at radius 1 is 1.03 bits per heavy atom. The van der Waals surface area contributed by atoms with Gasteiger partial charge in [-0.3, -0.25) is 19.5 Å². The molecule has 0 radical (unpaired) electrons. The number of amides is 1. The highest BCUT2D eigenvalue weighted by Crippen LogP contribution is 2.30. The van der Waals surface area contributed by atoms with Gasteiger partial charge in [-0.1, -0.05) is 30.3 Å². The first-order chi connectivity index (χ1) is 15.5. The van der Waals surface area contributed by atoms with Crippen molar-refractivity contribution in [3.8, 4) is 0 Å². The summed E-state index contributed by atoms with van der Waals surface area (Å²) in [5.74, 6) is -0.735. The van der Waals surface area contributed by atoms with Crippen LogP contribution in [0.1, 0.15) is 38.2 Å². The van der Waals surface area contributed by atoms with Crippen LogP contribution in [0.25, 0.3) is 0 Å². The molecule has 8 heteroatoms. The van der Waals surface area contributed by atoms with Gasteiger partial charge < -0.3 is 14.7 Å². The Kier molecular flexibility index (Phi) is 7.65. The highest BCUT2D eigenvalue weighted by Gasteiger charge is 2.46. The molecule has 1 amide bonds. The first-order valence-corrected chi connectivity index (χ1v) is 11.9. The molecular weight excluding hydrogens is 408 g/mol. The van der Waals surface area contributed by atoms with Gasteiger partial charge in [-0.2, -0.15) is 0 Å². The summed E-state index contributed by atoms with van der Waals surface area (Å²) in [4.78, 5) is 32.5. The second kappa shape index (κ2) is 10.6. The van der Waals surface area contributed by atoms with Crippen LogP contribution < -0.4 is 0 Å². The van der Waals surface area contributed by atoms with Gasteiger partial charge in [0, 0.05) is 58.3 Å². The lowest BCUT2D eigenvalue weighted by Gasteiger charge is -2.40. The van der Waals surface area contributed by atoms with E-state index in [1.807, 2.05) is 11.0 Å². The maximum absolute atomic E-state index is 12.8. The first-order valence-electron chi connectivity index (χ1n) is 11.9. The number of piperazine rings is 1. The van der Waals surface area contributed by atoms with Gasteiger partial charge in [0.25, 0.3) is 0 Å². The Balaban J connectivity index is 1.24. The van der Waals surface area contributed by atoms with Crippen molar-refractivity contribution < 1.29 is 19.4 Å². The van der Waals surface area contributed by atoms with Crippen molar-refractivity contribution in [1.82, 2.24) is 19.6 Å². The van der Waals surface area contributed by atoms with Gasteiger partial charge in [0.05, 0.1) is 6.04 Å². The topological polar surface area (TPSA) is 76.6 Å². The van der Waals surface area contributed by atoms with Gasteiger partial charge in [0.2, 0.25) is 0 Å². The SMILES string of the molecule is CC1C(N2CCN(CCCC(=O)O)CC2)OC(=O)N1C1CCN(Cc2ccccc2)CC1. The van der Waals surface area contributed by atoms with Crippen molar-refractivity contribution in [2.75, 3.05) is 45.8 Å². The second-order valence-electron chi connectivity index (χ2n) is 9.29. The predicted molar refractivity (Wildman–Crippen MR) is 121 cm³/mol. The second-order valence-corrected chi connectivity index (χ2v) is 9.29. The monoisotopic (exact) mass is 444 g/mol. The highest BCUT2D eigenvalue weighted by molar-refractivity contribution is 5.71. The van der Waals surface area contributed by atoms with E-state index in [2.05, 4.69) is 45.9 Å². The molecule has 0 aliphatic carbocycles. The number of rotatable bonds is 8. The molecule has 32 heavy (non-hydrogen) atoms. The summed E-state index contributed by atoms with van der Waals surface area (Å²) in [7, 11) is 0. The average molecular weight is 445 g/mol. The van der Waals surface area contributed by atoms with Crippen molar-refractivity contribution in [1.29, 1.82) is 0 Å². The van der Waals surface area contributed by atoms with Crippen LogP contribution in [0.2, 0.25) is 0 Å². The normalized spacial score (nSPS) is 26.4. The molecule has 0 saturated carbocycles. The number of carboxylic acid groups (broad SMARTS) is 1. The molecule has 0 spiro atoms. The molecule has 2 atom stereocenters. The van der Waals surface area contributed by atoms with Crippen molar-refractivity contribution in [3.05, 3.63) is 35.9 Å². The average Bonchev–Trinajstić information content (AvgIpc) is 3.09. The molecule has 3 fully saturated rings. The van der Waals surface area contributed by atoms with Gasteiger partial charge in [0.15, 0.2) is 6.23 Å². The third-order valence-corrected chi connectivity index (χ3v) is 7.12. The summed E-state index contributed by atoms with van der Waals surface area (Å²) in [6, 6.07) is 10.8. The van der Waals surface area contributed by atoms with Crippen LogP contribution in [0, 0.1) is 0 Å². The number of cyclic esters (lactones) is 1. The summed E-state index contributed by atoms with van der Waals surface area (Å²) in [6.07, 6.45) is 2.50. The molecule has 8 nitrogen and oxygen atoms in total. The number of carboxylic acids is 1. The highest BCUT2D eigenvalue weighted by atomic mass is 16.6. The van der Waals surface area contributed by atoms with E-state index >= 15 is 0 Å². The van der Waals surface area contributed by atoms with Gasteiger partial charge in [-0.05, 0) is 38.3 Å². The molecule has 1 aromatic carbocycles. The van der Waals surface area contributed by atoms with Crippen LogP contribution in [0.5, 0.6) is 0 Å². The number of likely N-dealkylation sites (tertiary alicyclic amines) is 1. The largest absolute Gasteiger partial charge is 0.481 e. The zero-order valence-corrected chi connectivity index (χ0v) is 19.1. The van der Waals surface area contributed by atoms with E-state index in [1.165, 1.54) is 5.56 Å². The standard InChI is InChI=1S/C24H36N4O4/c1-19-23(27-16-14-25(15-17-27)11-5-8-22(29)30)32-24(31)28(19)21-9-12-26(13-10-21)18-20-6-3-2-4-7-20/h2-4,6-7,19,21,23H,5,8-18H2,1H3,(H,29,30). The summed E-state index contributed by atoms with van der Waals surface area (Å²) in [5.41, 5.74) is 1.34. The number of aliphatic carboxylic acids is 1. The van der Waals surface area contributed by atoms with Gasteiger partial charge in [-0.25, -0.2) is 4.79 Å². The fourth-order valence-corrected chi connectivity index (χ4v) is 5.32. The van der Waals surface area contributed by atoms with Gasteiger partial charge in [0.1, 0.15) is 0 Å². The number of piperidine rings is 1. The summed E-state index contributed by atoms with van der Waals surface area (Å²) in [6.45, 7) is 9.35. The molecule has 176 valence electrons. The molecule has 1 N–H and O–H groups in total. The van der Waals surface area contributed by atoms with E-state index in [-0.39, 0.29) is 30.8 Å². The van der Waals surface area contributed by atoms with Crippen molar-refractivity contribution >= 4 is 12.1 Å². The Bertz CT molecular complexity index is 761. The molecule has 3 aliphatic rings. The smallest absolute Gasteiger partial charge is 0.412 e. The summed E-state index contributed by atoms with van der Waals surface area (Å²) >= 11 is 0. The van der Waals surface area contributed by atoms with E-state index in [0.717, 1.165) is 65.2 Å². The lowest BCUT2D eigenvalue weighted by Crippen LogP contribution is -2.55. The number of nitrogens with zero attached hydrogens (tertiary/aromatic N) is 4. The van der Waals surface area contributed by atoms with E-state index in [4.69, 9.17) is 9.84 Å². The zero-order chi connectivity index (χ0) is 22.5. The van der Waals surface area contributed by atoms with Gasteiger partial charge in [-0.15, -0.1) is 0 Å². The van der Waals surface area contributed by atoms with Crippen LogP contribution in [-0.2, 0) is 16.1 Å². The lowest BCUT2D eigenvalue weighted by molar-refractivity contribution is -0.137. The number of ether oxygens (including phenoxy) is 1. The number of benzene rings is 1. The van der Waals surface area contributed by atoms with Crippen molar-refractivity contribution in [2.24, 2.45) is 0 Å². The minimum atomic E-state index is -0.735. The molecule has 3 heterocycles. The number of carbonyl (C=O) groups excluding carboxylic acids is 1. The van der Waals surface area contributed by atoms with Crippen LogP contribution in [0.4, 0.5) is 4.79 Å². The third-order valence-electron chi connectivity index (χ3n) is 7.12. The minimum absolute atomic E-state index is 0.0479. The Morgan fingerprint density at radius 3 is 2.38 bits per heavy atom. The molecule has 1 aromatic rings. The maximum atomic E-state index is 12.8. The Morgan fingerprint density at radius 2 is 1.72 bits per heavy atom. The van der Waals surface area contributed by atoms with Crippen LogP contribution in [0.15, 0.2) is 30.3 Å². The molecule has 3 aliphatic heterocycles. The van der Waals surface area contributed by atoms with Crippen LogP contribution >= 0.6 is 0 Å². The molecule has 0 bridgehead atoms. The molecule has 0 aromatic heterocycles. The summed E-state index contributed by atoms with van der Waals surface area (Å²) < 4.78 is 5.85. The van der Waals surface area contributed by atoms with E-state index in [9.17, 15) is 9.59 Å². The van der Waals surface area contributed by atoms with E-state index in [1.54, 1.807) is 0 Å². The fourth-order valence-electron chi connectivity index (χ4n) is 5.32. The van der Waals surface area contributed by atoms with Crippen molar-refractivity contribution in [2.45, 2.75) is 57.5 Å². The molecule has 2 unspecified atom stereocenters. The Labute approximate surface area is 190 Å². The van der Waals surface area contributed by atoms with Crippen LogP contribution in [0.3, 0.4) is 0 Å². The zero-order valence-electron chi connectivity index (χ0n) is 19.1. The van der Waals surface area contributed by atoms with Gasteiger partial charge >= 0.3 is 12.1 Å². The number of carbonyl (C=O) groups is 2. The van der Waals surface area contributed by atoms with E-state index in [0.29, 0.717) is 6.42 Å². The first kappa shape index (κ1) is 23.0. The number of hydrogen-bond acceptors (Lipinski definition) is 6. The maximum Gasteiger partial charge on any atom is 0.412 e. The number of hydrogen-bond donors (Lipinski definition) is 1. The summed E-state index contributed by atoms with van der Waals surface area (Å²) in [5, 5.41) is 8.81. The fraction of sp³-hybridized carbons (Fsp3) is 0.667. The molecule has 3 saturated heterocycles. The minimum Gasteiger partial charge on any atom is -0.481 e. The quantitative estimate of drug-likeness (QED) is 0.659. The Hall–Kier alpha value is -2.16. The molecule has 4 rings (SSSR count). The van der Waals surface area contributed by atoms with E-state index < -0.39 is 5.97 Å².